The molecule has 1 heterocycles. The number of carbonyl (C=O) groups is 1. The summed E-state index contributed by atoms with van der Waals surface area (Å²) < 4.78 is 5.05. The van der Waals surface area contributed by atoms with Gasteiger partial charge in [-0.05, 0) is 13.3 Å². The summed E-state index contributed by atoms with van der Waals surface area (Å²) in [4.78, 5) is 15.6. The molecule has 0 aliphatic carbocycles. The first kappa shape index (κ1) is 13.6. The van der Waals surface area contributed by atoms with Crippen LogP contribution in [0.2, 0.25) is 0 Å². The maximum atomic E-state index is 11.2. The molecule has 0 saturated heterocycles. The van der Waals surface area contributed by atoms with Crippen LogP contribution in [-0.2, 0) is 9.53 Å². The lowest BCUT2D eigenvalue weighted by Gasteiger charge is -2.20. The van der Waals surface area contributed by atoms with Crippen LogP contribution in [0.4, 0.5) is 0 Å². The van der Waals surface area contributed by atoms with Gasteiger partial charge in [-0.15, -0.1) is 0 Å². The predicted octanol–water partition coefficient (Wildman–Crippen LogP) is 1.95. The monoisotopic (exact) mass is 238 g/mol. The Morgan fingerprint density at radius 3 is 2.59 bits per heavy atom. The fraction of sp³-hybridized carbons (Fsp3) is 0.615. The van der Waals surface area contributed by atoms with Gasteiger partial charge in [0.05, 0.1) is 13.2 Å². The first-order chi connectivity index (χ1) is 8.13. The van der Waals surface area contributed by atoms with Crippen molar-refractivity contribution in [2.75, 3.05) is 26.4 Å². The van der Waals surface area contributed by atoms with E-state index < -0.39 is 0 Å². The van der Waals surface area contributed by atoms with Crippen LogP contribution in [0, 0.1) is 0 Å². The van der Waals surface area contributed by atoms with Gasteiger partial charge in [-0.2, -0.15) is 0 Å². The lowest BCUT2D eigenvalue weighted by atomic mass is 10.3. The SMILES string of the molecule is C=C(C)C(=O)OCCN1C=CN(CCCC)C1. The van der Waals surface area contributed by atoms with Crippen LogP contribution in [0.15, 0.2) is 24.6 Å². The van der Waals surface area contributed by atoms with Gasteiger partial charge < -0.3 is 14.5 Å². The van der Waals surface area contributed by atoms with Crippen molar-refractivity contribution >= 4 is 5.97 Å². The molecule has 0 radical (unpaired) electrons. The maximum Gasteiger partial charge on any atom is 0.333 e. The van der Waals surface area contributed by atoms with Crippen molar-refractivity contribution in [1.29, 1.82) is 0 Å². The first-order valence-corrected chi connectivity index (χ1v) is 6.12. The molecule has 0 atom stereocenters. The summed E-state index contributed by atoms with van der Waals surface area (Å²) in [7, 11) is 0. The van der Waals surface area contributed by atoms with E-state index in [0.717, 1.165) is 19.8 Å². The molecule has 96 valence electrons. The van der Waals surface area contributed by atoms with Crippen molar-refractivity contribution in [3.05, 3.63) is 24.6 Å². The lowest BCUT2D eigenvalue weighted by Crippen LogP contribution is -2.29. The van der Waals surface area contributed by atoms with E-state index in [4.69, 9.17) is 4.74 Å². The fourth-order valence-corrected chi connectivity index (χ4v) is 1.55. The predicted molar refractivity (Wildman–Crippen MR) is 68.1 cm³/mol. The molecule has 0 fully saturated rings. The Balaban J connectivity index is 2.12. The maximum absolute atomic E-state index is 11.2. The van der Waals surface area contributed by atoms with E-state index in [-0.39, 0.29) is 5.97 Å². The van der Waals surface area contributed by atoms with E-state index >= 15 is 0 Å². The second-order valence-corrected chi connectivity index (χ2v) is 4.33. The van der Waals surface area contributed by atoms with Crippen molar-refractivity contribution in [3.63, 3.8) is 0 Å². The van der Waals surface area contributed by atoms with Gasteiger partial charge in [-0.25, -0.2) is 4.79 Å². The Labute approximate surface area is 104 Å². The van der Waals surface area contributed by atoms with Crippen LogP contribution in [0.1, 0.15) is 26.7 Å². The summed E-state index contributed by atoms with van der Waals surface area (Å²) >= 11 is 0. The Morgan fingerprint density at radius 1 is 1.35 bits per heavy atom. The molecule has 0 bridgehead atoms. The second-order valence-electron chi connectivity index (χ2n) is 4.33. The molecule has 0 aromatic carbocycles. The molecule has 1 aliphatic heterocycles. The highest BCUT2D eigenvalue weighted by Gasteiger charge is 2.11. The summed E-state index contributed by atoms with van der Waals surface area (Å²) in [6.07, 6.45) is 6.56. The molecule has 4 heteroatoms. The van der Waals surface area contributed by atoms with Gasteiger partial charge in [0, 0.05) is 24.5 Å². The van der Waals surface area contributed by atoms with Gasteiger partial charge in [0.15, 0.2) is 0 Å². The van der Waals surface area contributed by atoms with E-state index in [0.29, 0.717) is 12.2 Å². The van der Waals surface area contributed by atoms with Crippen LogP contribution < -0.4 is 0 Å². The van der Waals surface area contributed by atoms with E-state index in [9.17, 15) is 4.79 Å². The molecule has 0 amide bonds. The molecular formula is C13H22N2O2. The van der Waals surface area contributed by atoms with E-state index in [2.05, 4.69) is 29.5 Å². The Hall–Kier alpha value is -1.45. The van der Waals surface area contributed by atoms with Crippen molar-refractivity contribution in [1.82, 2.24) is 9.80 Å². The summed E-state index contributed by atoms with van der Waals surface area (Å²) in [6.45, 7) is 10.5. The van der Waals surface area contributed by atoms with Crippen molar-refractivity contribution < 1.29 is 9.53 Å². The second kappa shape index (κ2) is 6.99. The minimum atomic E-state index is -0.309. The molecule has 0 spiro atoms. The number of hydrogen-bond acceptors (Lipinski definition) is 4. The standard InChI is InChI=1S/C13H22N2O2/c1-4-5-6-14-7-8-15(11-14)9-10-17-13(16)12(2)3/h7-8H,2,4-6,9-11H2,1,3H3. The van der Waals surface area contributed by atoms with Crippen molar-refractivity contribution in [2.45, 2.75) is 26.7 Å². The molecule has 0 saturated carbocycles. The number of carbonyl (C=O) groups excluding carboxylic acids is 1. The van der Waals surface area contributed by atoms with Gasteiger partial charge in [0.25, 0.3) is 0 Å². The Kier molecular flexibility index (Phi) is 5.60. The van der Waals surface area contributed by atoms with E-state index in [1.807, 2.05) is 6.20 Å². The molecule has 1 rings (SSSR count). The lowest BCUT2D eigenvalue weighted by molar-refractivity contribution is -0.139. The van der Waals surface area contributed by atoms with Gasteiger partial charge >= 0.3 is 5.97 Å². The van der Waals surface area contributed by atoms with Crippen molar-refractivity contribution in [3.8, 4) is 0 Å². The van der Waals surface area contributed by atoms with Gasteiger partial charge in [-0.3, -0.25) is 0 Å². The first-order valence-electron chi connectivity index (χ1n) is 6.12. The number of unbranched alkanes of at least 4 members (excludes halogenated alkanes) is 1. The van der Waals surface area contributed by atoms with Crippen LogP contribution in [0.25, 0.3) is 0 Å². The van der Waals surface area contributed by atoms with Crippen LogP contribution in [0.5, 0.6) is 0 Å². The fourth-order valence-electron chi connectivity index (χ4n) is 1.55. The summed E-state index contributed by atoms with van der Waals surface area (Å²) in [5, 5.41) is 0. The third-order valence-corrected chi connectivity index (χ3v) is 2.61. The number of ether oxygens (including phenoxy) is 1. The summed E-state index contributed by atoms with van der Waals surface area (Å²) in [6, 6.07) is 0. The van der Waals surface area contributed by atoms with E-state index in [1.54, 1.807) is 6.92 Å². The third-order valence-electron chi connectivity index (χ3n) is 2.61. The highest BCUT2D eigenvalue weighted by molar-refractivity contribution is 5.86. The summed E-state index contributed by atoms with van der Waals surface area (Å²) in [5.74, 6) is -0.309. The van der Waals surface area contributed by atoms with Gasteiger partial charge in [0.1, 0.15) is 6.61 Å². The smallest absolute Gasteiger partial charge is 0.333 e. The highest BCUT2D eigenvalue weighted by Crippen LogP contribution is 2.07. The van der Waals surface area contributed by atoms with Gasteiger partial charge in [-0.1, -0.05) is 19.9 Å². The van der Waals surface area contributed by atoms with Crippen LogP contribution in [-0.4, -0.2) is 42.1 Å². The number of esters is 1. The molecule has 0 aromatic heterocycles. The van der Waals surface area contributed by atoms with Crippen molar-refractivity contribution in [2.24, 2.45) is 0 Å². The van der Waals surface area contributed by atoms with Crippen LogP contribution in [0.3, 0.4) is 0 Å². The molecule has 0 N–H and O–H groups in total. The molecule has 4 nitrogen and oxygen atoms in total. The molecule has 0 unspecified atom stereocenters. The largest absolute Gasteiger partial charge is 0.460 e. The van der Waals surface area contributed by atoms with Gasteiger partial charge in [0.2, 0.25) is 0 Å². The zero-order chi connectivity index (χ0) is 12.7. The quantitative estimate of drug-likeness (QED) is 0.501. The topological polar surface area (TPSA) is 32.8 Å². The molecular weight excluding hydrogens is 216 g/mol. The number of hydrogen-bond donors (Lipinski definition) is 0. The summed E-state index contributed by atoms with van der Waals surface area (Å²) in [5.41, 5.74) is 0.450. The zero-order valence-corrected chi connectivity index (χ0v) is 10.8. The third kappa shape index (κ3) is 4.93. The average molecular weight is 238 g/mol. The zero-order valence-electron chi connectivity index (χ0n) is 10.8. The molecule has 1 aliphatic rings. The highest BCUT2D eigenvalue weighted by atomic mass is 16.5. The molecule has 17 heavy (non-hydrogen) atoms. The number of nitrogens with zero attached hydrogens (tertiary/aromatic N) is 2. The van der Waals surface area contributed by atoms with Crippen LogP contribution >= 0.6 is 0 Å². The minimum absolute atomic E-state index is 0.309. The molecule has 0 aromatic rings. The van der Waals surface area contributed by atoms with E-state index in [1.165, 1.54) is 12.8 Å². The minimum Gasteiger partial charge on any atom is -0.460 e. The normalized spacial score (nSPS) is 14.2. The Morgan fingerprint density at radius 2 is 2.00 bits per heavy atom. The average Bonchev–Trinajstić information content (AvgIpc) is 2.74. The Bertz CT molecular complexity index is 300. The number of rotatable bonds is 7.